The first-order chi connectivity index (χ1) is 12.1. The molecule has 1 N–H and O–H groups in total. The molecule has 1 aliphatic rings. The Morgan fingerprint density at radius 1 is 1.24 bits per heavy atom. The van der Waals surface area contributed by atoms with E-state index in [2.05, 4.69) is 17.4 Å². The van der Waals surface area contributed by atoms with Crippen molar-refractivity contribution >= 4 is 29.1 Å². The van der Waals surface area contributed by atoms with Crippen LogP contribution in [0.5, 0.6) is 5.75 Å². The third-order valence-corrected chi connectivity index (χ3v) is 5.37. The molecule has 5 heteroatoms. The maximum atomic E-state index is 12.4. The van der Waals surface area contributed by atoms with Gasteiger partial charge in [0.25, 0.3) is 0 Å². The first-order valence-electron chi connectivity index (χ1n) is 8.47. The Morgan fingerprint density at radius 2 is 2.00 bits per heavy atom. The molecule has 0 fully saturated rings. The number of amides is 1. The van der Waals surface area contributed by atoms with Crippen LogP contribution in [-0.2, 0) is 17.6 Å². The zero-order valence-corrected chi connectivity index (χ0v) is 15.7. The molecule has 3 nitrogen and oxygen atoms in total. The van der Waals surface area contributed by atoms with E-state index >= 15 is 0 Å². The van der Waals surface area contributed by atoms with Gasteiger partial charge in [0.15, 0.2) is 0 Å². The van der Waals surface area contributed by atoms with E-state index in [4.69, 9.17) is 27.9 Å². The van der Waals surface area contributed by atoms with Crippen molar-refractivity contribution in [2.75, 3.05) is 7.11 Å². The summed E-state index contributed by atoms with van der Waals surface area (Å²) in [5.41, 5.74) is 3.27. The highest BCUT2D eigenvalue weighted by atomic mass is 35.5. The number of halogens is 2. The Labute approximate surface area is 158 Å². The fourth-order valence-corrected chi connectivity index (χ4v) is 3.93. The number of methoxy groups -OCH3 is 1. The average Bonchev–Trinajstić information content (AvgIpc) is 2.61. The standard InChI is InChI=1S/C20H21Cl2NO2/c1-25-14-8-9-15-13(12-14)4-2-7-19(15)23-20(24)11-10-16-17(21)5-3-6-18(16)22/h3,5-6,8-9,12,19H,2,4,7,10-11H2,1H3,(H,23,24). The van der Waals surface area contributed by atoms with Crippen molar-refractivity contribution in [1.29, 1.82) is 0 Å². The Morgan fingerprint density at radius 3 is 2.72 bits per heavy atom. The average molecular weight is 378 g/mol. The summed E-state index contributed by atoms with van der Waals surface area (Å²) in [7, 11) is 1.67. The Hall–Kier alpha value is -1.71. The lowest BCUT2D eigenvalue weighted by Crippen LogP contribution is -2.31. The lowest BCUT2D eigenvalue weighted by molar-refractivity contribution is -0.121. The predicted molar refractivity (Wildman–Crippen MR) is 102 cm³/mol. The molecule has 1 atom stereocenters. The number of rotatable bonds is 5. The second-order valence-corrected chi connectivity index (χ2v) is 7.09. The van der Waals surface area contributed by atoms with E-state index in [0.29, 0.717) is 22.9 Å². The summed E-state index contributed by atoms with van der Waals surface area (Å²) in [4.78, 5) is 12.4. The van der Waals surface area contributed by atoms with Crippen LogP contribution in [-0.4, -0.2) is 13.0 Å². The lowest BCUT2D eigenvalue weighted by Gasteiger charge is -2.27. The van der Waals surface area contributed by atoms with Crippen molar-refractivity contribution in [2.45, 2.75) is 38.1 Å². The summed E-state index contributed by atoms with van der Waals surface area (Å²) < 4.78 is 5.29. The fourth-order valence-electron chi connectivity index (χ4n) is 3.34. The zero-order chi connectivity index (χ0) is 17.8. The minimum absolute atomic E-state index is 0.0182. The Balaban J connectivity index is 1.64. The predicted octanol–water partition coefficient (Wildman–Crippen LogP) is 5.13. The summed E-state index contributed by atoms with van der Waals surface area (Å²) in [6.07, 6.45) is 3.94. The van der Waals surface area contributed by atoms with Gasteiger partial charge in [-0.3, -0.25) is 4.79 Å². The molecule has 132 valence electrons. The molecule has 1 aliphatic carbocycles. The lowest BCUT2D eigenvalue weighted by atomic mass is 9.87. The Bertz CT molecular complexity index is 756. The van der Waals surface area contributed by atoms with Crippen molar-refractivity contribution in [1.82, 2.24) is 5.32 Å². The van der Waals surface area contributed by atoms with E-state index in [1.54, 1.807) is 19.2 Å². The van der Waals surface area contributed by atoms with Gasteiger partial charge in [-0.2, -0.15) is 0 Å². The molecule has 0 saturated carbocycles. The molecular weight excluding hydrogens is 357 g/mol. The maximum absolute atomic E-state index is 12.4. The summed E-state index contributed by atoms with van der Waals surface area (Å²) in [6.45, 7) is 0. The van der Waals surface area contributed by atoms with Crippen molar-refractivity contribution in [3.8, 4) is 5.75 Å². The highest BCUT2D eigenvalue weighted by Crippen LogP contribution is 2.32. The third-order valence-electron chi connectivity index (χ3n) is 4.66. The molecule has 2 aromatic carbocycles. The topological polar surface area (TPSA) is 38.3 Å². The number of fused-ring (bicyclic) bond motifs is 1. The fraction of sp³-hybridized carbons (Fsp3) is 0.350. The SMILES string of the molecule is COc1ccc2c(c1)CCCC2NC(=O)CCc1c(Cl)cccc1Cl. The molecule has 0 saturated heterocycles. The number of hydrogen-bond acceptors (Lipinski definition) is 2. The number of benzene rings is 2. The van der Waals surface area contributed by atoms with E-state index in [9.17, 15) is 4.79 Å². The van der Waals surface area contributed by atoms with Gasteiger partial charge in [-0.05, 0) is 66.6 Å². The van der Waals surface area contributed by atoms with E-state index < -0.39 is 0 Å². The molecule has 3 rings (SSSR count). The molecule has 0 bridgehead atoms. The van der Waals surface area contributed by atoms with Gasteiger partial charge in [0.2, 0.25) is 5.91 Å². The van der Waals surface area contributed by atoms with Crippen LogP contribution in [0.15, 0.2) is 36.4 Å². The summed E-state index contributed by atoms with van der Waals surface area (Å²) in [6, 6.07) is 11.5. The van der Waals surface area contributed by atoms with Gasteiger partial charge in [-0.1, -0.05) is 35.3 Å². The monoisotopic (exact) mass is 377 g/mol. The molecule has 1 amide bonds. The number of carbonyl (C=O) groups is 1. The van der Waals surface area contributed by atoms with Gasteiger partial charge in [0.1, 0.15) is 5.75 Å². The normalized spacial score (nSPS) is 16.2. The van der Waals surface area contributed by atoms with Gasteiger partial charge in [-0.15, -0.1) is 0 Å². The van der Waals surface area contributed by atoms with Crippen molar-refractivity contribution < 1.29 is 9.53 Å². The highest BCUT2D eigenvalue weighted by Gasteiger charge is 2.22. The van der Waals surface area contributed by atoms with Crippen LogP contribution in [0.25, 0.3) is 0 Å². The summed E-state index contributed by atoms with van der Waals surface area (Å²) in [5.74, 6) is 0.878. The first kappa shape index (κ1) is 18.1. The number of ether oxygens (including phenoxy) is 1. The van der Waals surface area contributed by atoms with Crippen LogP contribution < -0.4 is 10.1 Å². The molecular formula is C20H21Cl2NO2. The van der Waals surface area contributed by atoms with Crippen LogP contribution in [0.2, 0.25) is 10.0 Å². The second kappa shape index (κ2) is 8.11. The van der Waals surface area contributed by atoms with Crippen molar-refractivity contribution in [2.24, 2.45) is 0 Å². The summed E-state index contributed by atoms with van der Waals surface area (Å²) in [5, 5.41) is 4.37. The molecule has 0 aromatic heterocycles. The molecule has 2 aromatic rings. The van der Waals surface area contributed by atoms with Crippen LogP contribution in [0, 0.1) is 0 Å². The van der Waals surface area contributed by atoms with Crippen LogP contribution in [0.1, 0.15) is 42.0 Å². The summed E-state index contributed by atoms with van der Waals surface area (Å²) >= 11 is 12.3. The van der Waals surface area contributed by atoms with Gasteiger partial charge in [0, 0.05) is 16.5 Å². The largest absolute Gasteiger partial charge is 0.497 e. The van der Waals surface area contributed by atoms with E-state index in [1.165, 1.54) is 11.1 Å². The number of carbonyl (C=O) groups excluding carboxylic acids is 1. The van der Waals surface area contributed by atoms with Crippen molar-refractivity contribution in [3.05, 3.63) is 63.1 Å². The van der Waals surface area contributed by atoms with Crippen LogP contribution >= 0.6 is 23.2 Å². The quantitative estimate of drug-likeness (QED) is 0.784. The zero-order valence-electron chi connectivity index (χ0n) is 14.1. The van der Waals surface area contributed by atoms with Crippen LogP contribution in [0.4, 0.5) is 0 Å². The van der Waals surface area contributed by atoms with Gasteiger partial charge < -0.3 is 10.1 Å². The van der Waals surface area contributed by atoms with Gasteiger partial charge in [-0.25, -0.2) is 0 Å². The molecule has 0 heterocycles. The Kier molecular flexibility index (Phi) is 5.87. The number of aryl methyl sites for hydroxylation is 1. The smallest absolute Gasteiger partial charge is 0.220 e. The molecule has 25 heavy (non-hydrogen) atoms. The van der Waals surface area contributed by atoms with Gasteiger partial charge in [0.05, 0.1) is 13.2 Å². The first-order valence-corrected chi connectivity index (χ1v) is 9.23. The molecule has 0 spiro atoms. The van der Waals surface area contributed by atoms with E-state index in [0.717, 1.165) is 30.6 Å². The molecule has 0 aliphatic heterocycles. The van der Waals surface area contributed by atoms with Crippen molar-refractivity contribution in [3.63, 3.8) is 0 Å². The minimum Gasteiger partial charge on any atom is -0.497 e. The highest BCUT2D eigenvalue weighted by molar-refractivity contribution is 6.36. The third kappa shape index (κ3) is 4.28. The number of hydrogen-bond donors (Lipinski definition) is 1. The molecule has 0 radical (unpaired) electrons. The van der Waals surface area contributed by atoms with E-state index in [1.807, 2.05) is 12.1 Å². The second-order valence-electron chi connectivity index (χ2n) is 6.28. The van der Waals surface area contributed by atoms with E-state index in [-0.39, 0.29) is 11.9 Å². The van der Waals surface area contributed by atoms with Gasteiger partial charge >= 0.3 is 0 Å². The minimum atomic E-state index is 0.0182. The van der Waals surface area contributed by atoms with Crippen LogP contribution in [0.3, 0.4) is 0 Å². The maximum Gasteiger partial charge on any atom is 0.220 e. The molecule has 1 unspecified atom stereocenters. The number of nitrogens with one attached hydrogen (secondary N) is 1.